The second-order valence-corrected chi connectivity index (χ2v) is 9.17. The number of hydrogen-bond acceptors (Lipinski definition) is 7. The first kappa shape index (κ1) is 22.5. The maximum Gasteiger partial charge on any atom is 0.337 e. The van der Waals surface area contributed by atoms with E-state index in [1.54, 1.807) is 20.3 Å². The fraction of sp³-hybridized carbons (Fsp3) is 0.500. The number of fused-ring (bicyclic) bond motifs is 3. The Morgan fingerprint density at radius 2 is 1.79 bits per heavy atom. The van der Waals surface area contributed by atoms with Crippen molar-refractivity contribution in [1.29, 1.82) is 0 Å². The predicted octanol–water partition coefficient (Wildman–Crippen LogP) is 4.03. The van der Waals surface area contributed by atoms with Gasteiger partial charge in [-0.05, 0) is 68.2 Å². The van der Waals surface area contributed by atoms with Crippen LogP contribution in [0.15, 0.2) is 24.3 Å². The molecule has 8 nitrogen and oxygen atoms in total. The van der Waals surface area contributed by atoms with E-state index in [4.69, 9.17) is 14.2 Å². The third-order valence-electron chi connectivity index (χ3n) is 7.13. The smallest absolute Gasteiger partial charge is 0.337 e. The van der Waals surface area contributed by atoms with Gasteiger partial charge in [-0.2, -0.15) is 9.97 Å². The molecule has 1 fully saturated rings. The Kier molecular flexibility index (Phi) is 6.30. The maximum atomic E-state index is 12.1. The molecule has 0 N–H and O–H groups in total. The van der Waals surface area contributed by atoms with Crippen molar-refractivity contribution in [3.05, 3.63) is 41.1 Å². The highest BCUT2D eigenvalue weighted by molar-refractivity contribution is 5.96. The topological polar surface area (TPSA) is 78.7 Å². The zero-order valence-corrected chi connectivity index (χ0v) is 20.2. The molecule has 180 valence electrons. The molecule has 1 unspecified atom stereocenters. The number of hydrogen-bond donors (Lipinski definition) is 0. The maximum absolute atomic E-state index is 12.1. The van der Waals surface area contributed by atoms with E-state index in [1.165, 1.54) is 42.1 Å². The summed E-state index contributed by atoms with van der Waals surface area (Å²) in [6, 6.07) is 7.70. The first-order chi connectivity index (χ1) is 16.6. The molecule has 0 amide bonds. The van der Waals surface area contributed by atoms with Crippen LogP contribution in [0.4, 0.5) is 5.95 Å². The van der Waals surface area contributed by atoms with Crippen molar-refractivity contribution in [1.82, 2.24) is 14.5 Å². The molecule has 1 aliphatic heterocycles. The van der Waals surface area contributed by atoms with Gasteiger partial charge in [-0.3, -0.25) is 0 Å². The van der Waals surface area contributed by atoms with Gasteiger partial charge in [0.25, 0.3) is 0 Å². The number of ether oxygens (including phenoxy) is 3. The lowest BCUT2D eigenvalue weighted by Crippen LogP contribution is -2.38. The van der Waals surface area contributed by atoms with Gasteiger partial charge in [0.15, 0.2) is 0 Å². The zero-order valence-electron chi connectivity index (χ0n) is 20.2. The van der Waals surface area contributed by atoms with Gasteiger partial charge in [0, 0.05) is 36.2 Å². The average molecular weight is 465 g/mol. The normalized spacial score (nSPS) is 18.0. The molecule has 2 aliphatic rings. The first-order valence-corrected chi connectivity index (χ1v) is 12.1. The van der Waals surface area contributed by atoms with Crippen molar-refractivity contribution in [3.8, 4) is 11.8 Å². The Hall–Kier alpha value is -3.29. The highest BCUT2D eigenvalue weighted by atomic mass is 16.5. The summed E-state index contributed by atoms with van der Waals surface area (Å²) in [6.07, 6.45) is 6.80. The summed E-state index contributed by atoms with van der Waals surface area (Å²) in [5.41, 5.74) is 4.67. The van der Waals surface area contributed by atoms with Crippen LogP contribution in [0.2, 0.25) is 0 Å². The van der Waals surface area contributed by atoms with E-state index in [0.717, 1.165) is 45.3 Å². The molecule has 1 saturated heterocycles. The van der Waals surface area contributed by atoms with Crippen LogP contribution in [0.5, 0.6) is 11.8 Å². The molecule has 0 saturated carbocycles. The summed E-state index contributed by atoms with van der Waals surface area (Å²) in [5, 5.41) is 1.20. The number of esters is 1. The largest absolute Gasteiger partial charge is 0.481 e. The third kappa shape index (κ3) is 4.17. The van der Waals surface area contributed by atoms with Gasteiger partial charge in [-0.15, -0.1) is 0 Å². The number of benzene rings is 1. The molecule has 0 radical (unpaired) electrons. The van der Waals surface area contributed by atoms with Gasteiger partial charge in [-0.1, -0.05) is 0 Å². The van der Waals surface area contributed by atoms with Crippen molar-refractivity contribution < 1.29 is 19.0 Å². The molecule has 0 bridgehead atoms. The van der Waals surface area contributed by atoms with Crippen LogP contribution in [0.3, 0.4) is 0 Å². The Labute approximate surface area is 199 Å². The Bertz CT molecular complexity index is 1180. The number of carbonyl (C=O) groups excluding carboxylic acids is 1. The van der Waals surface area contributed by atoms with Crippen LogP contribution in [0.25, 0.3) is 10.9 Å². The monoisotopic (exact) mass is 464 g/mol. The number of nitrogens with zero attached hydrogens (tertiary/aromatic N) is 4. The van der Waals surface area contributed by atoms with Crippen molar-refractivity contribution in [2.24, 2.45) is 5.92 Å². The highest BCUT2D eigenvalue weighted by Gasteiger charge is 2.27. The standard InChI is InChI=1S/C26H32N4O4/c1-32-23-14-24(33-2)28-26(27-23)29-12-6-7-17(15-29)16-30-21-9-5-4-8-19(21)20-13-18(25(31)34-3)10-11-22(20)30/h10-11,13-14,17H,4-9,12,15-16H2,1-3H3. The molecule has 8 heteroatoms. The van der Waals surface area contributed by atoms with Crippen LogP contribution in [0.1, 0.15) is 47.3 Å². The second-order valence-electron chi connectivity index (χ2n) is 9.17. The van der Waals surface area contributed by atoms with Gasteiger partial charge in [-0.25, -0.2) is 4.79 Å². The predicted molar refractivity (Wildman–Crippen MR) is 130 cm³/mol. The fourth-order valence-corrected chi connectivity index (χ4v) is 5.49. The summed E-state index contributed by atoms with van der Waals surface area (Å²) in [6.45, 7) is 2.74. The van der Waals surface area contributed by atoms with E-state index >= 15 is 0 Å². The minimum Gasteiger partial charge on any atom is -0.481 e. The summed E-state index contributed by atoms with van der Waals surface area (Å²) in [7, 11) is 4.65. The molecule has 5 rings (SSSR count). The van der Waals surface area contributed by atoms with Crippen molar-refractivity contribution in [2.75, 3.05) is 39.3 Å². The van der Waals surface area contributed by atoms with Gasteiger partial charge in [0.2, 0.25) is 17.7 Å². The molecule has 1 aliphatic carbocycles. The lowest BCUT2D eigenvalue weighted by atomic mass is 9.94. The molecule has 1 atom stereocenters. The Balaban J connectivity index is 1.44. The SMILES string of the molecule is COC(=O)c1ccc2c(c1)c1c(n2CC2CCCN(c3nc(OC)cc(OC)n3)C2)CCCC1. The Morgan fingerprint density at radius 1 is 1.03 bits per heavy atom. The Morgan fingerprint density at radius 3 is 2.53 bits per heavy atom. The van der Waals surface area contributed by atoms with Gasteiger partial charge >= 0.3 is 5.97 Å². The van der Waals surface area contributed by atoms with E-state index in [0.29, 0.717) is 29.2 Å². The first-order valence-electron chi connectivity index (χ1n) is 12.1. The van der Waals surface area contributed by atoms with Gasteiger partial charge in [0.1, 0.15) is 0 Å². The molecule has 3 aromatic rings. The molecular weight excluding hydrogens is 432 g/mol. The number of piperidine rings is 1. The minimum atomic E-state index is -0.282. The molecular formula is C26H32N4O4. The number of carbonyl (C=O) groups is 1. The summed E-state index contributed by atoms with van der Waals surface area (Å²) >= 11 is 0. The quantitative estimate of drug-likeness (QED) is 0.510. The highest BCUT2D eigenvalue weighted by Crippen LogP contribution is 2.35. The van der Waals surface area contributed by atoms with E-state index in [9.17, 15) is 4.79 Å². The lowest BCUT2D eigenvalue weighted by molar-refractivity contribution is 0.0601. The van der Waals surface area contributed by atoms with E-state index in [1.807, 2.05) is 12.1 Å². The molecule has 0 spiro atoms. The van der Waals surface area contributed by atoms with Crippen LogP contribution in [-0.2, 0) is 24.1 Å². The van der Waals surface area contributed by atoms with Gasteiger partial charge in [0.05, 0.1) is 33.0 Å². The van der Waals surface area contributed by atoms with E-state index in [-0.39, 0.29) is 5.97 Å². The van der Waals surface area contributed by atoms with Crippen LogP contribution >= 0.6 is 0 Å². The van der Waals surface area contributed by atoms with E-state index in [2.05, 4.69) is 25.5 Å². The number of anilines is 1. The summed E-state index contributed by atoms with van der Waals surface area (Å²) in [5.74, 6) is 1.86. The fourth-order valence-electron chi connectivity index (χ4n) is 5.49. The third-order valence-corrected chi connectivity index (χ3v) is 7.13. The molecule has 3 heterocycles. The van der Waals surface area contributed by atoms with Crippen molar-refractivity contribution in [3.63, 3.8) is 0 Å². The number of rotatable bonds is 6. The number of aromatic nitrogens is 3. The van der Waals surface area contributed by atoms with Crippen LogP contribution < -0.4 is 14.4 Å². The summed E-state index contributed by atoms with van der Waals surface area (Å²) < 4.78 is 18.2. The molecule has 2 aromatic heterocycles. The zero-order chi connectivity index (χ0) is 23.7. The van der Waals surface area contributed by atoms with E-state index < -0.39 is 0 Å². The van der Waals surface area contributed by atoms with Crippen molar-refractivity contribution in [2.45, 2.75) is 45.1 Å². The minimum absolute atomic E-state index is 0.282. The number of aryl methyl sites for hydroxylation is 1. The lowest BCUT2D eigenvalue weighted by Gasteiger charge is -2.33. The van der Waals surface area contributed by atoms with Crippen molar-refractivity contribution >= 4 is 22.8 Å². The molecule has 1 aromatic carbocycles. The molecule has 34 heavy (non-hydrogen) atoms. The van der Waals surface area contributed by atoms with Crippen LogP contribution in [0, 0.1) is 5.92 Å². The average Bonchev–Trinajstić information content (AvgIpc) is 3.20. The van der Waals surface area contributed by atoms with Gasteiger partial charge < -0.3 is 23.7 Å². The van der Waals surface area contributed by atoms with Crippen LogP contribution in [-0.4, -0.2) is 54.9 Å². The second kappa shape index (κ2) is 9.52. The number of methoxy groups -OCH3 is 3. The summed E-state index contributed by atoms with van der Waals surface area (Å²) in [4.78, 5) is 23.5.